The number of alkyl halides is 1. The van der Waals surface area contributed by atoms with Gasteiger partial charge in [0.1, 0.15) is 0 Å². The first-order valence-electron chi connectivity index (χ1n) is 2.32. The second kappa shape index (κ2) is 5.96. The summed E-state index contributed by atoms with van der Waals surface area (Å²) in [7, 11) is 0. The average Bonchev–Trinajstić information content (AvgIpc) is 1.69. The highest BCUT2D eigenvalue weighted by Gasteiger charge is 1.82. The number of carbonyl (C=O) groups excluding carboxylic acids is 1. The lowest BCUT2D eigenvalue weighted by atomic mass is 10.3. The maximum atomic E-state index is 9.51. The van der Waals surface area contributed by atoms with Gasteiger partial charge in [-0.1, -0.05) is 0 Å². The lowest BCUT2D eigenvalue weighted by Crippen LogP contribution is -1.76. The third kappa shape index (κ3) is 5.96. The molecule has 0 fully saturated rings. The largest absolute Gasteiger partial charge is 0.291 e. The van der Waals surface area contributed by atoms with E-state index in [2.05, 4.69) is 0 Å². The third-order valence-electron chi connectivity index (χ3n) is 0.662. The monoisotopic (exact) mass is 119 g/mol. The molecule has 0 saturated heterocycles. The highest BCUT2D eigenvalue weighted by atomic mass is 35.5. The van der Waals surface area contributed by atoms with Gasteiger partial charge in [-0.05, 0) is 12.8 Å². The third-order valence-corrected chi connectivity index (χ3v) is 0.930. The van der Waals surface area contributed by atoms with Gasteiger partial charge in [-0.2, -0.15) is 0 Å². The summed E-state index contributed by atoms with van der Waals surface area (Å²) in [5.74, 6) is 0.654. The van der Waals surface area contributed by atoms with Gasteiger partial charge in [0.15, 0.2) is 6.29 Å². The molecule has 0 aliphatic carbocycles. The maximum Gasteiger partial charge on any atom is 0.198 e. The number of halogens is 1. The van der Waals surface area contributed by atoms with Crippen LogP contribution in [0.15, 0.2) is 0 Å². The van der Waals surface area contributed by atoms with E-state index < -0.39 is 0 Å². The number of hydrogen-bond donors (Lipinski definition) is 0. The SMILES string of the molecule is O=[C]CCCCCl. The number of rotatable bonds is 4. The van der Waals surface area contributed by atoms with Gasteiger partial charge in [0.25, 0.3) is 0 Å². The normalized spacial score (nSPS) is 8.71. The minimum absolute atomic E-state index is 0.534. The Labute approximate surface area is 48.7 Å². The molecule has 0 saturated carbocycles. The van der Waals surface area contributed by atoms with Gasteiger partial charge >= 0.3 is 0 Å². The molecular formula is C5H8ClO. The summed E-state index contributed by atoms with van der Waals surface area (Å²) in [6.45, 7) is 0. The first kappa shape index (κ1) is 6.96. The lowest BCUT2D eigenvalue weighted by Gasteiger charge is -1.83. The molecule has 0 aromatic carbocycles. The molecule has 0 atom stereocenters. The Bertz CT molecular complexity index is 45.3. The fraction of sp³-hybridized carbons (Fsp3) is 0.800. The summed E-state index contributed by atoms with van der Waals surface area (Å²) < 4.78 is 0. The van der Waals surface area contributed by atoms with Crippen molar-refractivity contribution in [3.05, 3.63) is 0 Å². The van der Waals surface area contributed by atoms with E-state index in [0.717, 1.165) is 12.8 Å². The Hall–Kier alpha value is -0.0400. The van der Waals surface area contributed by atoms with Crippen LogP contribution in [0.4, 0.5) is 0 Å². The van der Waals surface area contributed by atoms with Crippen LogP contribution < -0.4 is 0 Å². The van der Waals surface area contributed by atoms with E-state index in [1.807, 2.05) is 0 Å². The molecule has 0 spiro atoms. The summed E-state index contributed by atoms with van der Waals surface area (Å²) in [5, 5.41) is 0. The Morgan fingerprint density at radius 2 is 2.14 bits per heavy atom. The second-order valence-electron chi connectivity index (χ2n) is 1.29. The molecule has 0 N–H and O–H groups in total. The van der Waals surface area contributed by atoms with E-state index >= 15 is 0 Å². The molecule has 0 bridgehead atoms. The molecule has 0 aromatic heterocycles. The molecular weight excluding hydrogens is 112 g/mol. The standard InChI is InChI=1S/C5H8ClO/c6-4-2-1-3-5-7/h1-4H2. The minimum Gasteiger partial charge on any atom is -0.291 e. The van der Waals surface area contributed by atoms with Crippen molar-refractivity contribution in [1.29, 1.82) is 0 Å². The van der Waals surface area contributed by atoms with Crippen LogP contribution in [0.3, 0.4) is 0 Å². The molecule has 7 heavy (non-hydrogen) atoms. The van der Waals surface area contributed by atoms with Crippen LogP contribution in [-0.4, -0.2) is 12.2 Å². The van der Waals surface area contributed by atoms with Crippen molar-refractivity contribution in [2.75, 3.05) is 5.88 Å². The molecule has 0 rings (SSSR count). The minimum atomic E-state index is 0.534. The Kier molecular flexibility index (Phi) is 5.93. The summed E-state index contributed by atoms with van der Waals surface area (Å²) in [5.41, 5.74) is 0. The summed E-state index contributed by atoms with van der Waals surface area (Å²) in [6, 6.07) is 0. The van der Waals surface area contributed by atoms with Gasteiger partial charge in [-0.25, -0.2) is 0 Å². The van der Waals surface area contributed by atoms with E-state index in [0.29, 0.717) is 12.3 Å². The Morgan fingerprint density at radius 1 is 1.43 bits per heavy atom. The first-order valence-corrected chi connectivity index (χ1v) is 2.86. The van der Waals surface area contributed by atoms with Crippen LogP contribution in [-0.2, 0) is 4.79 Å². The molecule has 0 heterocycles. The van der Waals surface area contributed by atoms with Crippen molar-refractivity contribution < 1.29 is 4.79 Å². The van der Waals surface area contributed by atoms with Gasteiger partial charge in [0.05, 0.1) is 0 Å². The van der Waals surface area contributed by atoms with Crippen LogP contribution in [0.2, 0.25) is 0 Å². The van der Waals surface area contributed by atoms with Gasteiger partial charge in [0, 0.05) is 12.3 Å². The molecule has 0 aliphatic rings. The molecule has 0 unspecified atom stereocenters. The van der Waals surface area contributed by atoms with Crippen molar-refractivity contribution in [1.82, 2.24) is 0 Å². The topological polar surface area (TPSA) is 17.1 Å². The summed E-state index contributed by atoms with van der Waals surface area (Å²) in [6.07, 6.45) is 4.14. The van der Waals surface area contributed by atoms with Crippen LogP contribution >= 0.6 is 11.6 Å². The van der Waals surface area contributed by atoms with E-state index in [9.17, 15) is 4.79 Å². The predicted molar refractivity (Wildman–Crippen MR) is 30.3 cm³/mol. The van der Waals surface area contributed by atoms with Crippen molar-refractivity contribution in [3.63, 3.8) is 0 Å². The number of unbranched alkanes of at least 4 members (excludes halogenated alkanes) is 2. The molecule has 0 amide bonds. The van der Waals surface area contributed by atoms with E-state index in [4.69, 9.17) is 11.6 Å². The van der Waals surface area contributed by atoms with E-state index in [-0.39, 0.29) is 0 Å². The molecule has 41 valence electrons. The van der Waals surface area contributed by atoms with Gasteiger partial charge in [-0.15, -0.1) is 11.6 Å². The lowest BCUT2D eigenvalue weighted by molar-refractivity contribution is 0.548. The maximum absolute atomic E-state index is 9.51. The highest BCUT2D eigenvalue weighted by Crippen LogP contribution is 1.92. The first-order chi connectivity index (χ1) is 3.41. The molecule has 1 nitrogen and oxygen atoms in total. The van der Waals surface area contributed by atoms with E-state index in [1.54, 1.807) is 6.29 Å². The molecule has 1 radical (unpaired) electrons. The molecule has 2 heteroatoms. The zero-order valence-electron chi connectivity index (χ0n) is 4.11. The zero-order valence-corrected chi connectivity index (χ0v) is 4.87. The van der Waals surface area contributed by atoms with Gasteiger partial charge in [0.2, 0.25) is 0 Å². The van der Waals surface area contributed by atoms with Crippen molar-refractivity contribution in [2.45, 2.75) is 19.3 Å². The van der Waals surface area contributed by atoms with Crippen LogP contribution in [0.1, 0.15) is 19.3 Å². The fourth-order valence-corrected chi connectivity index (χ4v) is 0.481. The number of hydrogen-bond acceptors (Lipinski definition) is 1. The van der Waals surface area contributed by atoms with Crippen LogP contribution in [0.25, 0.3) is 0 Å². The van der Waals surface area contributed by atoms with Gasteiger partial charge in [-0.3, -0.25) is 4.79 Å². The molecule has 0 aliphatic heterocycles. The Morgan fingerprint density at radius 3 is 2.57 bits per heavy atom. The van der Waals surface area contributed by atoms with Crippen molar-refractivity contribution in [2.24, 2.45) is 0 Å². The summed E-state index contributed by atoms with van der Waals surface area (Å²) >= 11 is 5.31. The van der Waals surface area contributed by atoms with Crippen LogP contribution in [0.5, 0.6) is 0 Å². The summed E-state index contributed by atoms with van der Waals surface area (Å²) in [4.78, 5) is 9.51. The van der Waals surface area contributed by atoms with E-state index in [1.165, 1.54) is 0 Å². The van der Waals surface area contributed by atoms with Gasteiger partial charge < -0.3 is 0 Å². The predicted octanol–water partition coefficient (Wildman–Crippen LogP) is 1.51. The van der Waals surface area contributed by atoms with Crippen molar-refractivity contribution >= 4 is 17.9 Å². The quantitative estimate of drug-likeness (QED) is 0.405. The fourth-order valence-electron chi connectivity index (χ4n) is 0.292. The second-order valence-corrected chi connectivity index (χ2v) is 1.67. The highest BCUT2D eigenvalue weighted by molar-refractivity contribution is 6.17. The zero-order chi connectivity index (χ0) is 5.54. The smallest absolute Gasteiger partial charge is 0.198 e. The van der Waals surface area contributed by atoms with Crippen LogP contribution in [0, 0.1) is 0 Å². The molecule has 0 aromatic rings. The van der Waals surface area contributed by atoms with Crippen molar-refractivity contribution in [3.8, 4) is 0 Å². The average molecular weight is 120 g/mol. The Balaban J connectivity index is 2.56.